The maximum Gasteiger partial charge on any atom is 0.248 e. The van der Waals surface area contributed by atoms with Gasteiger partial charge in [0.2, 0.25) is 5.56 Å². The number of aromatic nitrogens is 1. The minimum atomic E-state index is -0.133. The van der Waals surface area contributed by atoms with E-state index in [1.165, 1.54) is 6.07 Å². The zero-order valence-electron chi connectivity index (χ0n) is 11.9. The van der Waals surface area contributed by atoms with E-state index in [0.717, 1.165) is 28.6 Å². The standard InChI is InChI=1S/C18H15NO3/c20-17-9-7-14-13(16-11-22-16)6-8-15(18(14)19-17)21-10-12-4-2-1-3-5-12/h1-9,16H,10-11H2,(H,19,20)/t16-/m0/s1. The van der Waals surface area contributed by atoms with Gasteiger partial charge in [0.25, 0.3) is 0 Å². The van der Waals surface area contributed by atoms with Crippen LogP contribution in [0.5, 0.6) is 5.75 Å². The van der Waals surface area contributed by atoms with Crippen molar-refractivity contribution in [3.05, 3.63) is 76.1 Å². The number of H-pyrrole nitrogens is 1. The largest absolute Gasteiger partial charge is 0.487 e. The van der Waals surface area contributed by atoms with Gasteiger partial charge in [-0.15, -0.1) is 0 Å². The van der Waals surface area contributed by atoms with E-state index < -0.39 is 0 Å². The summed E-state index contributed by atoms with van der Waals surface area (Å²) in [4.78, 5) is 14.5. The summed E-state index contributed by atoms with van der Waals surface area (Å²) in [5.41, 5.74) is 2.78. The molecule has 22 heavy (non-hydrogen) atoms. The van der Waals surface area contributed by atoms with Gasteiger partial charge in [-0.05, 0) is 23.3 Å². The van der Waals surface area contributed by atoms with Gasteiger partial charge in [0.1, 0.15) is 18.5 Å². The number of ether oxygens (including phenoxy) is 2. The molecule has 110 valence electrons. The van der Waals surface area contributed by atoms with Crippen LogP contribution in [0, 0.1) is 0 Å². The zero-order valence-corrected chi connectivity index (χ0v) is 11.9. The van der Waals surface area contributed by atoms with E-state index in [0.29, 0.717) is 12.4 Å². The van der Waals surface area contributed by atoms with E-state index in [9.17, 15) is 4.79 Å². The Labute approximate surface area is 127 Å². The van der Waals surface area contributed by atoms with Gasteiger partial charge in [-0.25, -0.2) is 0 Å². The normalized spacial score (nSPS) is 16.6. The summed E-state index contributed by atoms with van der Waals surface area (Å²) in [7, 11) is 0. The summed E-state index contributed by atoms with van der Waals surface area (Å²) in [5, 5.41) is 0.979. The molecule has 1 saturated heterocycles. The Kier molecular flexibility index (Phi) is 3.16. The molecule has 0 radical (unpaired) electrons. The first-order valence-corrected chi connectivity index (χ1v) is 7.25. The van der Waals surface area contributed by atoms with Crippen LogP contribution in [-0.4, -0.2) is 11.6 Å². The molecule has 0 bridgehead atoms. The first-order valence-electron chi connectivity index (χ1n) is 7.25. The lowest BCUT2D eigenvalue weighted by Gasteiger charge is -2.11. The van der Waals surface area contributed by atoms with Crippen molar-refractivity contribution in [3.63, 3.8) is 0 Å². The molecule has 1 N–H and O–H groups in total. The summed E-state index contributed by atoms with van der Waals surface area (Å²) >= 11 is 0. The summed E-state index contributed by atoms with van der Waals surface area (Å²) in [6.45, 7) is 1.20. The van der Waals surface area contributed by atoms with Crippen LogP contribution < -0.4 is 10.3 Å². The number of benzene rings is 2. The van der Waals surface area contributed by atoms with Crippen LogP contribution in [0.2, 0.25) is 0 Å². The van der Waals surface area contributed by atoms with E-state index in [1.807, 2.05) is 48.5 Å². The van der Waals surface area contributed by atoms with Gasteiger partial charge < -0.3 is 14.5 Å². The summed E-state index contributed by atoms with van der Waals surface area (Å²) in [6.07, 6.45) is 0.136. The lowest BCUT2D eigenvalue weighted by atomic mass is 10.1. The molecule has 4 heteroatoms. The van der Waals surface area contributed by atoms with E-state index in [-0.39, 0.29) is 11.7 Å². The zero-order chi connectivity index (χ0) is 14.9. The second-order valence-corrected chi connectivity index (χ2v) is 5.36. The van der Waals surface area contributed by atoms with Gasteiger partial charge >= 0.3 is 0 Å². The molecule has 2 heterocycles. The van der Waals surface area contributed by atoms with Crippen LogP contribution in [0.25, 0.3) is 10.9 Å². The molecular weight excluding hydrogens is 278 g/mol. The van der Waals surface area contributed by atoms with E-state index in [4.69, 9.17) is 9.47 Å². The molecule has 1 aromatic heterocycles. The Bertz CT molecular complexity index is 866. The van der Waals surface area contributed by atoms with Crippen molar-refractivity contribution in [3.8, 4) is 5.75 Å². The average molecular weight is 293 g/mol. The molecule has 1 aliphatic rings. The average Bonchev–Trinajstić information content (AvgIpc) is 3.38. The van der Waals surface area contributed by atoms with Crippen LogP contribution in [0.3, 0.4) is 0 Å². The van der Waals surface area contributed by atoms with Crippen molar-refractivity contribution in [1.29, 1.82) is 0 Å². The Morgan fingerprint density at radius 2 is 1.91 bits per heavy atom. The van der Waals surface area contributed by atoms with Crippen LogP contribution in [0.4, 0.5) is 0 Å². The Hall–Kier alpha value is -2.59. The molecule has 1 atom stereocenters. The fraction of sp³-hybridized carbons (Fsp3) is 0.167. The first-order chi connectivity index (χ1) is 10.8. The summed E-state index contributed by atoms with van der Waals surface area (Å²) in [5.74, 6) is 0.681. The molecule has 2 aromatic carbocycles. The predicted octanol–water partition coefficient (Wildman–Crippen LogP) is 3.18. The number of fused-ring (bicyclic) bond motifs is 1. The van der Waals surface area contributed by atoms with Crippen molar-refractivity contribution >= 4 is 10.9 Å². The number of pyridine rings is 1. The minimum absolute atomic E-state index is 0.133. The van der Waals surface area contributed by atoms with Gasteiger partial charge in [0.05, 0.1) is 12.1 Å². The van der Waals surface area contributed by atoms with Crippen LogP contribution in [0.1, 0.15) is 17.2 Å². The second kappa shape index (κ2) is 5.31. The van der Waals surface area contributed by atoms with E-state index in [2.05, 4.69) is 4.98 Å². The first kappa shape index (κ1) is 13.1. The SMILES string of the molecule is O=c1ccc2c([C@@H]3CO3)ccc(OCc3ccccc3)c2[nH]1. The maximum absolute atomic E-state index is 11.7. The fourth-order valence-electron chi connectivity index (χ4n) is 2.61. The third-order valence-electron chi connectivity index (χ3n) is 3.81. The predicted molar refractivity (Wildman–Crippen MR) is 84.0 cm³/mol. The molecule has 0 aliphatic carbocycles. The van der Waals surface area contributed by atoms with Gasteiger partial charge in [0, 0.05) is 11.5 Å². The van der Waals surface area contributed by atoms with Gasteiger partial charge in [0.15, 0.2) is 0 Å². The molecule has 4 nitrogen and oxygen atoms in total. The summed E-state index contributed by atoms with van der Waals surface area (Å²) < 4.78 is 11.3. The molecule has 0 amide bonds. The van der Waals surface area contributed by atoms with Gasteiger partial charge in [-0.3, -0.25) is 4.79 Å². The van der Waals surface area contributed by atoms with Crippen molar-refractivity contribution < 1.29 is 9.47 Å². The molecule has 4 rings (SSSR count). The highest BCUT2D eigenvalue weighted by atomic mass is 16.6. The third kappa shape index (κ3) is 2.49. The molecule has 3 aromatic rings. The lowest BCUT2D eigenvalue weighted by Crippen LogP contribution is -2.05. The number of epoxide rings is 1. The van der Waals surface area contributed by atoms with E-state index >= 15 is 0 Å². The van der Waals surface area contributed by atoms with Crippen molar-refractivity contribution in [1.82, 2.24) is 4.98 Å². The quantitative estimate of drug-likeness (QED) is 0.752. The van der Waals surface area contributed by atoms with E-state index in [1.54, 1.807) is 0 Å². The number of nitrogens with one attached hydrogen (secondary N) is 1. The Morgan fingerprint density at radius 1 is 1.09 bits per heavy atom. The molecular formula is C18H15NO3. The molecule has 0 unspecified atom stereocenters. The smallest absolute Gasteiger partial charge is 0.248 e. The molecule has 0 saturated carbocycles. The van der Waals surface area contributed by atoms with Gasteiger partial charge in [-0.1, -0.05) is 36.4 Å². The van der Waals surface area contributed by atoms with Crippen molar-refractivity contribution in [2.24, 2.45) is 0 Å². The number of hydrogen-bond acceptors (Lipinski definition) is 3. The summed E-state index contributed by atoms with van der Waals surface area (Å²) in [6, 6.07) is 17.2. The minimum Gasteiger partial charge on any atom is -0.487 e. The Balaban J connectivity index is 1.72. The van der Waals surface area contributed by atoms with Crippen LogP contribution in [0.15, 0.2) is 59.4 Å². The highest BCUT2D eigenvalue weighted by Crippen LogP contribution is 2.37. The van der Waals surface area contributed by atoms with Gasteiger partial charge in [-0.2, -0.15) is 0 Å². The Morgan fingerprint density at radius 3 is 2.68 bits per heavy atom. The highest BCUT2D eigenvalue weighted by molar-refractivity contribution is 5.88. The second-order valence-electron chi connectivity index (χ2n) is 5.36. The number of rotatable bonds is 4. The number of hydrogen-bond donors (Lipinski definition) is 1. The molecule has 1 fully saturated rings. The van der Waals surface area contributed by atoms with Crippen LogP contribution >= 0.6 is 0 Å². The maximum atomic E-state index is 11.7. The number of aromatic amines is 1. The topological polar surface area (TPSA) is 54.6 Å². The van der Waals surface area contributed by atoms with Crippen molar-refractivity contribution in [2.45, 2.75) is 12.7 Å². The third-order valence-corrected chi connectivity index (χ3v) is 3.81. The fourth-order valence-corrected chi connectivity index (χ4v) is 2.61. The molecule has 0 spiro atoms. The lowest BCUT2D eigenvalue weighted by molar-refractivity contribution is 0.309. The molecule has 1 aliphatic heterocycles. The van der Waals surface area contributed by atoms with Crippen molar-refractivity contribution in [2.75, 3.05) is 6.61 Å². The highest BCUT2D eigenvalue weighted by Gasteiger charge is 2.27. The van der Waals surface area contributed by atoms with Crippen LogP contribution in [-0.2, 0) is 11.3 Å². The monoisotopic (exact) mass is 293 g/mol.